The first kappa shape index (κ1) is 110. The number of carbonyl (C=O) groups is 3. The van der Waals surface area contributed by atoms with Crippen LogP contribution in [0.3, 0.4) is 0 Å². The van der Waals surface area contributed by atoms with Gasteiger partial charge in [-0.25, -0.2) is 9.59 Å². The Balaban J connectivity index is -0.00000000426. The van der Waals surface area contributed by atoms with E-state index in [0.717, 1.165) is 0 Å². The van der Waals surface area contributed by atoms with Gasteiger partial charge in [0.1, 0.15) is 6.61 Å². The van der Waals surface area contributed by atoms with E-state index >= 15 is 0 Å². The Morgan fingerprint density at radius 1 is 0.788 bits per heavy atom. The number of aliphatic hydroxyl groups is 1. The molecule has 20 heteroatoms. The van der Waals surface area contributed by atoms with E-state index in [0.29, 0.717) is 0 Å². The van der Waals surface area contributed by atoms with Crippen LogP contribution >= 0.6 is 0 Å². The largest absolute Gasteiger partial charge is 1.00 e. The number of hydrogen-bond donors (Lipinski definition) is 5. The molecule has 0 spiro atoms. The summed E-state index contributed by atoms with van der Waals surface area (Å²) in [6, 6.07) is 0. The number of rotatable bonds is 2. The van der Waals surface area contributed by atoms with Crippen LogP contribution in [0, 0.1) is 0 Å². The molecular formula is C13H52O18S2+6. The van der Waals surface area contributed by atoms with E-state index in [1.54, 1.807) is 0 Å². The van der Waals surface area contributed by atoms with Gasteiger partial charge < -0.3 is 35.4 Å². The summed E-state index contributed by atoms with van der Waals surface area (Å²) in [5.74, 6) is -2.62. The van der Waals surface area contributed by atoms with Gasteiger partial charge in [0, 0.05) is 10.4 Å². The van der Waals surface area contributed by atoms with E-state index in [1.165, 1.54) is 0 Å². The second-order valence-electron chi connectivity index (χ2n) is 1.95. The topological polar surface area (TPSA) is 364 Å². The van der Waals surface area contributed by atoms with Crippen molar-refractivity contribution in [3.8, 4) is 0 Å². The minimum atomic E-state index is -5.17. The summed E-state index contributed by atoms with van der Waals surface area (Å²) in [7, 11) is -9.83. The molecule has 0 fully saturated rings. The smallest absolute Gasteiger partial charge is 0.759 e. The maximum atomic E-state index is 9.12. The fourth-order valence-electron chi connectivity index (χ4n) is 0. The first-order valence-electron chi connectivity index (χ1n) is 3.82. The van der Waals surface area contributed by atoms with E-state index < -0.39 is 39.3 Å². The van der Waals surface area contributed by atoms with Gasteiger partial charge in [0.05, 0.1) is 0 Å². The highest BCUT2D eigenvalue weighted by atomic mass is 32.3. The summed E-state index contributed by atoms with van der Waals surface area (Å²) >= 11 is 0. The first-order chi connectivity index (χ1) is 9.95. The number of carboxylic acid groups (broad SMARTS) is 2. The predicted octanol–water partition coefficient (Wildman–Crippen LogP) is 0.0983. The van der Waals surface area contributed by atoms with E-state index in [1.807, 2.05) is 0 Å². The molecule has 0 atom stereocenters. The molecule has 0 heterocycles. The number of carboxylic acids is 2. The van der Waals surface area contributed by atoms with Crippen molar-refractivity contribution < 1.29 is 96.7 Å². The van der Waals surface area contributed by atoms with Crippen LogP contribution in [-0.2, 0) is 44.8 Å². The first-order valence-corrected chi connectivity index (χ1v) is 6.55. The second kappa shape index (κ2) is 70.0. The Morgan fingerprint density at radius 2 is 0.848 bits per heavy atom. The summed E-state index contributed by atoms with van der Waals surface area (Å²) in [5, 5.41) is 22.4. The van der Waals surface area contributed by atoms with Crippen molar-refractivity contribution in [2.75, 3.05) is 6.61 Å². The van der Waals surface area contributed by atoms with E-state index in [2.05, 4.69) is 0 Å². The van der Waals surface area contributed by atoms with Gasteiger partial charge in [0.25, 0.3) is 0 Å². The number of aliphatic hydroxyl groups excluding tert-OH is 1. The highest BCUT2D eigenvalue weighted by Gasteiger charge is 1.84. The van der Waals surface area contributed by atoms with Gasteiger partial charge in [-0.3, -0.25) is 22.3 Å². The third-order valence-corrected chi connectivity index (χ3v) is 0.236. The molecule has 0 aromatic carbocycles. The molecule has 0 bridgehead atoms. The summed E-state index contributed by atoms with van der Waals surface area (Å²) in [6.07, 6.45) is 0.0833. The Morgan fingerprint density at radius 3 is 0.848 bits per heavy atom. The Hall–Kier alpha value is -2.39. The molecule has 0 amide bonds. The van der Waals surface area contributed by atoms with Crippen LogP contribution in [0.25, 0.3) is 0 Å². The summed E-state index contributed by atoms with van der Waals surface area (Å²) < 4.78 is 65.7. The number of aliphatic carboxylic acids is 2. The van der Waals surface area contributed by atoms with Crippen LogP contribution < -0.4 is 0 Å². The summed E-state index contributed by atoms with van der Waals surface area (Å²) in [4.78, 5) is 43.3. The SMILES string of the molecule is C.C.C.C.C.C.C.C.O.O.O=C(O)CO.O=C=O.O=CC(=O)O.O=S(=O)(O)O.O=S(=O)([O-])[O-].[H+].[H+].[H+].[H+].[H+].[H+].[H+].[H+]. The van der Waals surface area contributed by atoms with Gasteiger partial charge in [0.2, 0.25) is 6.29 Å². The summed E-state index contributed by atoms with van der Waals surface area (Å²) in [6.45, 7) is -0.778. The molecule has 0 aromatic rings. The van der Waals surface area contributed by atoms with Gasteiger partial charge in [-0.05, 0) is 0 Å². The number of aldehydes is 1. The molecular weight excluding hydrogens is 508 g/mol. The zero-order valence-corrected chi connectivity index (χ0v) is 13.0. The van der Waals surface area contributed by atoms with Gasteiger partial charge in [-0.2, -0.15) is 18.0 Å². The molecule has 18 nitrogen and oxygen atoms in total. The van der Waals surface area contributed by atoms with Gasteiger partial charge in [-0.15, -0.1) is 0 Å². The number of carbonyl (C=O) groups excluding carboxylic acids is 3. The third-order valence-electron chi connectivity index (χ3n) is 0.236. The molecule has 0 aliphatic heterocycles. The zero-order chi connectivity index (χ0) is 20.3. The van der Waals surface area contributed by atoms with Crippen molar-refractivity contribution in [1.29, 1.82) is 0 Å². The highest BCUT2D eigenvalue weighted by molar-refractivity contribution is 7.80. The molecule has 0 saturated carbocycles. The molecule has 218 valence electrons. The minimum absolute atomic E-state index is 0. The molecule has 0 radical (unpaired) electrons. The lowest BCUT2D eigenvalue weighted by Gasteiger charge is -2.06. The number of hydrogen-bond acceptors (Lipinski definition) is 12. The fourth-order valence-corrected chi connectivity index (χ4v) is 0. The normalized spacial score (nSPS) is 5.85. The van der Waals surface area contributed by atoms with E-state index in [-0.39, 0.29) is 94.2 Å². The van der Waals surface area contributed by atoms with Crippen LogP contribution in [0.5, 0.6) is 0 Å². The van der Waals surface area contributed by atoms with Crippen molar-refractivity contribution in [3.05, 3.63) is 0 Å². The zero-order valence-electron chi connectivity index (χ0n) is 19.3. The molecule has 0 aromatic heterocycles. The molecule has 0 unspecified atom stereocenters. The fraction of sp³-hybridized carbons (Fsp3) is 0.692. The Labute approximate surface area is 208 Å². The predicted molar refractivity (Wildman–Crippen MR) is 128 cm³/mol. The van der Waals surface area contributed by atoms with Crippen LogP contribution in [0.1, 0.15) is 70.8 Å². The third kappa shape index (κ3) is 8710. The molecule has 0 rings (SSSR count). The molecule has 33 heavy (non-hydrogen) atoms. The van der Waals surface area contributed by atoms with Crippen LogP contribution in [0.2, 0.25) is 0 Å². The molecule has 9 N–H and O–H groups in total. The molecule has 0 saturated heterocycles. The average molecular weight is 561 g/mol. The van der Waals surface area contributed by atoms with Gasteiger partial charge in [-0.1, -0.05) is 59.4 Å². The molecule has 0 aliphatic rings. The van der Waals surface area contributed by atoms with Crippen molar-refractivity contribution in [1.82, 2.24) is 0 Å². The van der Waals surface area contributed by atoms with Crippen molar-refractivity contribution in [2.45, 2.75) is 59.4 Å². The van der Waals surface area contributed by atoms with Crippen LogP contribution in [0.15, 0.2) is 0 Å². The lowest BCUT2D eigenvalue weighted by atomic mass is 10.8. The maximum absolute atomic E-state index is 9.12. The van der Waals surface area contributed by atoms with Crippen molar-refractivity contribution in [2.24, 2.45) is 0 Å². The van der Waals surface area contributed by atoms with Gasteiger partial charge >= 0.3 is 39.9 Å². The van der Waals surface area contributed by atoms with E-state index in [4.69, 9.17) is 74.3 Å². The standard InChI is InChI=1S/C2H4O3.C2H2O3.CO2.8CH4.2H2O4S.2H2O/c2*3-1-2(4)5;2-1-3;;;;;;;;;2*1-5(2,3)4;;/h3H,1H2,(H,4,5);1H,(H,4,5);;8*1H4;2*(H2,1,2,3,4);2*1H2/p+6. The van der Waals surface area contributed by atoms with Crippen LogP contribution in [0.4, 0.5) is 0 Å². The maximum Gasteiger partial charge on any atom is 1.00 e. The lowest BCUT2D eigenvalue weighted by Crippen LogP contribution is -1.98. The monoisotopic (exact) mass is 560 g/mol. The Kier molecular flexibility index (Phi) is 234. The second-order valence-corrected chi connectivity index (χ2v) is 3.66. The quantitative estimate of drug-likeness (QED) is 0.129. The minimum Gasteiger partial charge on any atom is -0.759 e. The highest BCUT2D eigenvalue weighted by Crippen LogP contribution is 1.59. The Bertz CT molecular complexity index is 545. The summed E-state index contributed by atoms with van der Waals surface area (Å²) in [5.41, 5.74) is 0. The average Bonchev–Trinajstić information content (AvgIpc) is 2.26. The molecule has 0 aliphatic carbocycles. The van der Waals surface area contributed by atoms with E-state index in [9.17, 15) is 0 Å². The van der Waals surface area contributed by atoms with Gasteiger partial charge in [0.15, 0.2) is 0 Å². The van der Waals surface area contributed by atoms with Crippen LogP contribution in [-0.4, -0.2) is 92.3 Å². The lowest BCUT2D eigenvalue weighted by molar-refractivity contribution is -0.191. The van der Waals surface area contributed by atoms with Crippen molar-refractivity contribution in [3.63, 3.8) is 0 Å². The van der Waals surface area contributed by atoms with Crippen molar-refractivity contribution >= 4 is 45.2 Å².